The normalized spacial score (nSPS) is 12.1. The van der Waals surface area contributed by atoms with Gasteiger partial charge in [0.25, 0.3) is 0 Å². The van der Waals surface area contributed by atoms with Crippen LogP contribution in [0.1, 0.15) is 30.0 Å². The minimum Gasteiger partial charge on any atom is -0.396 e. The lowest BCUT2D eigenvalue weighted by molar-refractivity contribution is 0.279. The van der Waals surface area contributed by atoms with Crippen molar-refractivity contribution in [3.8, 4) is 0 Å². The van der Waals surface area contributed by atoms with E-state index in [2.05, 4.69) is 15.9 Å². The van der Waals surface area contributed by atoms with Gasteiger partial charge in [0.1, 0.15) is 5.82 Å². The molecule has 0 aliphatic rings. The number of nitrogens with two attached hydrogens (primary N) is 1. The van der Waals surface area contributed by atoms with Crippen LogP contribution < -0.4 is 5.73 Å². The molecule has 0 saturated carbocycles. The summed E-state index contributed by atoms with van der Waals surface area (Å²) in [6.45, 7) is 1.80. The Hall–Kier alpha value is -0.160. The van der Waals surface area contributed by atoms with E-state index in [0.29, 0.717) is 24.0 Å². The van der Waals surface area contributed by atoms with Crippen LogP contribution in [0.25, 0.3) is 0 Å². The predicted octanol–water partition coefficient (Wildman–Crippen LogP) is 3.09. The van der Waals surface area contributed by atoms with Gasteiger partial charge in [0.2, 0.25) is 0 Å². The molecule has 0 amide bonds. The van der Waals surface area contributed by atoms with Gasteiger partial charge in [-0.2, -0.15) is 0 Å². The van der Waals surface area contributed by atoms with Crippen molar-refractivity contribution in [2.45, 2.75) is 25.8 Å². The maximum absolute atomic E-state index is 13.7. The fourth-order valence-electron chi connectivity index (χ4n) is 1.49. The van der Waals surface area contributed by atoms with E-state index >= 15 is 0 Å². The fraction of sp³-hybridized carbons (Fsp3) is 0.455. The van der Waals surface area contributed by atoms with Crippen molar-refractivity contribution in [1.82, 2.24) is 0 Å². The Bertz CT molecular complexity index is 349. The van der Waals surface area contributed by atoms with Gasteiger partial charge in [-0.15, -0.1) is 12.4 Å². The number of hydrogen-bond acceptors (Lipinski definition) is 2. The molecule has 0 aliphatic heterocycles. The molecule has 1 atom stereocenters. The molecule has 0 bridgehead atoms. The van der Waals surface area contributed by atoms with Crippen LogP contribution in [0.3, 0.4) is 0 Å². The minimum atomic E-state index is -0.353. The molecule has 1 aromatic carbocycles. The molecule has 0 unspecified atom stereocenters. The second kappa shape index (κ2) is 7.22. The lowest BCUT2D eigenvalue weighted by Crippen LogP contribution is -2.13. The van der Waals surface area contributed by atoms with Crippen molar-refractivity contribution in [1.29, 1.82) is 0 Å². The first kappa shape index (κ1) is 15.8. The van der Waals surface area contributed by atoms with Gasteiger partial charge in [-0.1, -0.05) is 15.9 Å². The summed E-state index contributed by atoms with van der Waals surface area (Å²) >= 11 is 3.31. The van der Waals surface area contributed by atoms with E-state index in [4.69, 9.17) is 10.8 Å². The van der Waals surface area contributed by atoms with Gasteiger partial charge in [0.05, 0.1) is 0 Å². The van der Waals surface area contributed by atoms with Crippen molar-refractivity contribution in [2.75, 3.05) is 6.61 Å². The first-order valence-electron chi connectivity index (χ1n) is 4.88. The highest BCUT2D eigenvalue weighted by atomic mass is 79.9. The predicted molar refractivity (Wildman–Crippen MR) is 69.3 cm³/mol. The minimum absolute atomic E-state index is 0. The summed E-state index contributed by atoms with van der Waals surface area (Å²) in [5.74, 6) is -0.247. The number of halogens is 3. The van der Waals surface area contributed by atoms with Crippen LogP contribution in [0.4, 0.5) is 4.39 Å². The first-order chi connectivity index (χ1) is 7.06. The number of aryl methyl sites for hydroxylation is 1. The summed E-state index contributed by atoms with van der Waals surface area (Å²) in [6.07, 6.45) is 1.18. The van der Waals surface area contributed by atoms with Gasteiger partial charge in [0, 0.05) is 22.7 Å². The summed E-state index contributed by atoms with van der Waals surface area (Å²) in [7, 11) is 0. The Morgan fingerprint density at radius 2 is 2.12 bits per heavy atom. The fourth-order valence-corrected chi connectivity index (χ4v) is 2.08. The molecule has 2 nitrogen and oxygen atoms in total. The van der Waals surface area contributed by atoms with Crippen LogP contribution in [-0.2, 0) is 0 Å². The van der Waals surface area contributed by atoms with E-state index in [1.807, 2.05) is 0 Å². The van der Waals surface area contributed by atoms with Crippen molar-refractivity contribution in [3.63, 3.8) is 0 Å². The topological polar surface area (TPSA) is 46.2 Å². The molecule has 0 fully saturated rings. The van der Waals surface area contributed by atoms with E-state index in [1.165, 1.54) is 0 Å². The highest BCUT2D eigenvalue weighted by Crippen LogP contribution is 2.25. The van der Waals surface area contributed by atoms with E-state index in [9.17, 15) is 4.39 Å². The van der Waals surface area contributed by atoms with Crippen molar-refractivity contribution >= 4 is 28.3 Å². The zero-order chi connectivity index (χ0) is 11.4. The van der Waals surface area contributed by atoms with Crippen molar-refractivity contribution in [3.05, 3.63) is 33.5 Å². The van der Waals surface area contributed by atoms with Gasteiger partial charge in [-0.25, -0.2) is 4.39 Å². The quantitative estimate of drug-likeness (QED) is 0.897. The van der Waals surface area contributed by atoms with E-state index in [-0.39, 0.29) is 30.9 Å². The van der Waals surface area contributed by atoms with Crippen molar-refractivity contribution < 1.29 is 9.50 Å². The standard InChI is InChI=1S/C11H15BrFNO.ClH/c1-7-5-8(12)6-9(11(7)13)10(14)3-2-4-15;/h5-6,10,15H,2-4,14H2,1H3;1H/t10-;/m1./s1. The Balaban J connectivity index is 0.00000225. The highest BCUT2D eigenvalue weighted by molar-refractivity contribution is 9.10. The number of benzene rings is 1. The van der Waals surface area contributed by atoms with E-state index in [1.54, 1.807) is 19.1 Å². The Kier molecular flexibility index (Phi) is 7.15. The molecule has 0 aromatic heterocycles. The van der Waals surface area contributed by atoms with Gasteiger partial charge in [0.15, 0.2) is 0 Å². The molecule has 0 spiro atoms. The molecule has 1 rings (SSSR count). The molecule has 5 heteroatoms. The summed E-state index contributed by atoms with van der Waals surface area (Å²) < 4.78 is 14.5. The van der Waals surface area contributed by atoms with Crippen LogP contribution in [-0.4, -0.2) is 11.7 Å². The maximum Gasteiger partial charge on any atom is 0.130 e. The molecule has 1 aromatic rings. The average Bonchev–Trinajstić information content (AvgIpc) is 2.19. The van der Waals surface area contributed by atoms with Crippen molar-refractivity contribution in [2.24, 2.45) is 5.73 Å². The second-order valence-electron chi connectivity index (χ2n) is 3.60. The Morgan fingerprint density at radius 3 is 2.69 bits per heavy atom. The van der Waals surface area contributed by atoms with Gasteiger partial charge < -0.3 is 10.8 Å². The largest absolute Gasteiger partial charge is 0.396 e. The molecule has 0 radical (unpaired) electrons. The molecule has 16 heavy (non-hydrogen) atoms. The zero-order valence-corrected chi connectivity index (χ0v) is 11.4. The van der Waals surface area contributed by atoms with Gasteiger partial charge >= 0.3 is 0 Å². The Morgan fingerprint density at radius 1 is 1.50 bits per heavy atom. The maximum atomic E-state index is 13.7. The monoisotopic (exact) mass is 311 g/mol. The Labute approximate surface area is 110 Å². The van der Waals surface area contributed by atoms with Gasteiger partial charge in [-0.3, -0.25) is 0 Å². The third-order valence-corrected chi connectivity index (χ3v) is 2.78. The molecule has 0 heterocycles. The highest BCUT2D eigenvalue weighted by Gasteiger charge is 2.13. The third-order valence-electron chi connectivity index (χ3n) is 2.32. The van der Waals surface area contributed by atoms with Gasteiger partial charge in [-0.05, 0) is 37.5 Å². The SMILES string of the molecule is Cc1cc(Br)cc([C@H](N)CCCO)c1F.Cl. The van der Waals surface area contributed by atoms with Crippen LogP contribution in [0.15, 0.2) is 16.6 Å². The van der Waals surface area contributed by atoms with Crippen LogP contribution in [0, 0.1) is 12.7 Å². The molecule has 3 N–H and O–H groups in total. The molecule has 0 aliphatic carbocycles. The molecular weight excluding hydrogens is 296 g/mol. The number of aliphatic hydroxyl groups excluding tert-OH is 1. The zero-order valence-electron chi connectivity index (χ0n) is 9.04. The first-order valence-corrected chi connectivity index (χ1v) is 5.67. The molecule has 92 valence electrons. The lowest BCUT2D eigenvalue weighted by Gasteiger charge is -2.14. The smallest absolute Gasteiger partial charge is 0.130 e. The number of hydrogen-bond donors (Lipinski definition) is 2. The molecular formula is C11H16BrClFNO. The number of rotatable bonds is 4. The van der Waals surface area contributed by atoms with E-state index in [0.717, 1.165) is 4.47 Å². The second-order valence-corrected chi connectivity index (χ2v) is 4.51. The van der Waals surface area contributed by atoms with Crippen LogP contribution >= 0.6 is 28.3 Å². The summed E-state index contributed by atoms with van der Waals surface area (Å²) in [5.41, 5.74) is 6.94. The summed E-state index contributed by atoms with van der Waals surface area (Å²) in [6, 6.07) is 3.07. The summed E-state index contributed by atoms with van der Waals surface area (Å²) in [5, 5.41) is 8.68. The number of aliphatic hydroxyl groups is 1. The molecule has 0 saturated heterocycles. The van der Waals surface area contributed by atoms with Crippen LogP contribution in [0.5, 0.6) is 0 Å². The third kappa shape index (κ3) is 4.01. The van der Waals surface area contributed by atoms with Crippen LogP contribution in [0.2, 0.25) is 0 Å². The van der Waals surface area contributed by atoms with E-state index < -0.39 is 0 Å². The lowest BCUT2D eigenvalue weighted by atomic mass is 10.0. The summed E-state index contributed by atoms with van der Waals surface area (Å²) in [4.78, 5) is 0. The average molecular weight is 313 g/mol.